The Bertz CT molecular complexity index is 952. The summed E-state index contributed by atoms with van der Waals surface area (Å²) >= 11 is 3.09. The molecule has 0 bridgehead atoms. The SMILES string of the molecule is Cc1nc(SCC(=O)O[C@H]2CCS(=O)(=O)C2)c2c3c(sc2n1)CCC3. The van der Waals surface area contributed by atoms with Crippen molar-refractivity contribution in [3.8, 4) is 0 Å². The van der Waals surface area contributed by atoms with E-state index in [0.29, 0.717) is 12.2 Å². The van der Waals surface area contributed by atoms with Crippen LogP contribution in [-0.2, 0) is 32.2 Å². The molecule has 1 saturated heterocycles. The van der Waals surface area contributed by atoms with Gasteiger partial charge in [-0.3, -0.25) is 4.79 Å². The number of ether oxygens (including phenoxy) is 1. The Hall–Kier alpha value is -1.19. The van der Waals surface area contributed by atoms with Crippen molar-refractivity contribution in [2.75, 3.05) is 17.3 Å². The molecule has 4 rings (SSSR count). The van der Waals surface area contributed by atoms with E-state index in [4.69, 9.17) is 4.74 Å². The van der Waals surface area contributed by atoms with E-state index in [1.807, 2.05) is 6.92 Å². The van der Waals surface area contributed by atoms with Gasteiger partial charge in [-0.1, -0.05) is 11.8 Å². The first-order valence-corrected chi connectivity index (χ1v) is 11.9. The van der Waals surface area contributed by atoms with E-state index in [9.17, 15) is 13.2 Å². The molecule has 2 aromatic rings. The van der Waals surface area contributed by atoms with Gasteiger partial charge in [0.1, 0.15) is 21.8 Å². The molecule has 0 N–H and O–H groups in total. The summed E-state index contributed by atoms with van der Waals surface area (Å²) in [6, 6.07) is 0. The van der Waals surface area contributed by atoms with E-state index in [-0.39, 0.29) is 23.2 Å². The minimum Gasteiger partial charge on any atom is -0.461 e. The number of esters is 1. The summed E-state index contributed by atoms with van der Waals surface area (Å²) in [5, 5.41) is 1.92. The normalized spacial score (nSPS) is 21.6. The molecule has 0 aromatic carbocycles. The summed E-state index contributed by atoms with van der Waals surface area (Å²) in [4.78, 5) is 23.5. The molecule has 1 aliphatic heterocycles. The van der Waals surface area contributed by atoms with Crippen LogP contribution in [0.3, 0.4) is 0 Å². The number of aryl methyl sites for hydroxylation is 3. The Kier molecular flexibility index (Phi) is 4.49. The lowest BCUT2D eigenvalue weighted by Crippen LogP contribution is -2.20. The molecule has 0 saturated carbocycles. The standard InChI is InChI=1S/C16H18N2O4S3/c1-9-17-15(14-11-3-2-4-12(11)24-16(14)18-9)23-7-13(19)22-10-5-6-25(20,21)8-10/h10H,2-8H2,1H3/t10-/m0/s1. The van der Waals surface area contributed by atoms with Crippen molar-refractivity contribution in [1.82, 2.24) is 9.97 Å². The van der Waals surface area contributed by atoms with Gasteiger partial charge in [0.25, 0.3) is 0 Å². The molecule has 9 heteroatoms. The summed E-state index contributed by atoms with van der Waals surface area (Å²) in [7, 11) is -3.05. The van der Waals surface area contributed by atoms with Gasteiger partial charge in [-0.25, -0.2) is 18.4 Å². The third kappa shape index (κ3) is 3.54. The topological polar surface area (TPSA) is 86.2 Å². The summed E-state index contributed by atoms with van der Waals surface area (Å²) < 4.78 is 28.2. The molecule has 134 valence electrons. The van der Waals surface area contributed by atoms with Crippen molar-refractivity contribution in [2.24, 2.45) is 0 Å². The molecule has 2 aliphatic rings. The Morgan fingerprint density at radius 3 is 2.96 bits per heavy atom. The predicted molar refractivity (Wildman–Crippen MR) is 98.1 cm³/mol. The number of aromatic nitrogens is 2. The van der Waals surface area contributed by atoms with Gasteiger partial charge in [0.15, 0.2) is 9.84 Å². The van der Waals surface area contributed by atoms with E-state index in [0.717, 1.165) is 34.5 Å². The maximum Gasteiger partial charge on any atom is 0.316 e. The molecule has 1 aliphatic carbocycles. The number of hydrogen-bond acceptors (Lipinski definition) is 8. The first kappa shape index (κ1) is 17.2. The molecule has 0 unspecified atom stereocenters. The van der Waals surface area contributed by atoms with Crippen molar-refractivity contribution >= 4 is 49.1 Å². The van der Waals surface area contributed by atoms with Crippen molar-refractivity contribution in [3.05, 3.63) is 16.3 Å². The molecule has 3 heterocycles. The number of sulfone groups is 1. The van der Waals surface area contributed by atoms with E-state index in [1.54, 1.807) is 11.3 Å². The molecule has 0 amide bonds. The van der Waals surface area contributed by atoms with Crippen molar-refractivity contribution < 1.29 is 17.9 Å². The summed E-state index contributed by atoms with van der Waals surface area (Å²) in [5.74, 6) is 0.490. The van der Waals surface area contributed by atoms with E-state index < -0.39 is 15.9 Å². The van der Waals surface area contributed by atoms with E-state index in [1.165, 1.54) is 22.2 Å². The van der Waals surface area contributed by atoms with Crippen LogP contribution in [-0.4, -0.2) is 47.7 Å². The number of thiophene rings is 1. The summed E-state index contributed by atoms with van der Waals surface area (Å²) in [6.45, 7) is 1.86. The van der Waals surface area contributed by atoms with Gasteiger partial charge in [0.2, 0.25) is 0 Å². The minimum atomic E-state index is -3.05. The van der Waals surface area contributed by atoms with Crippen molar-refractivity contribution in [3.63, 3.8) is 0 Å². The van der Waals surface area contributed by atoms with Crippen LogP contribution in [0.5, 0.6) is 0 Å². The lowest BCUT2D eigenvalue weighted by atomic mass is 10.2. The van der Waals surface area contributed by atoms with Gasteiger partial charge in [0, 0.05) is 10.3 Å². The number of carbonyl (C=O) groups excluding carboxylic acids is 1. The summed E-state index contributed by atoms with van der Waals surface area (Å²) in [5.41, 5.74) is 1.33. The zero-order valence-corrected chi connectivity index (χ0v) is 16.2. The zero-order valence-electron chi connectivity index (χ0n) is 13.8. The quantitative estimate of drug-likeness (QED) is 0.444. The van der Waals surface area contributed by atoms with Crippen LogP contribution in [0.1, 0.15) is 29.1 Å². The van der Waals surface area contributed by atoms with Gasteiger partial charge < -0.3 is 4.74 Å². The van der Waals surface area contributed by atoms with Gasteiger partial charge in [-0.2, -0.15) is 0 Å². The number of rotatable bonds is 4. The average molecular weight is 399 g/mol. The van der Waals surface area contributed by atoms with Gasteiger partial charge >= 0.3 is 5.97 Å². The van der Waals surface area contributed by atoms with Gasteiger partial charge in [-0.05, 0) is 38.2 Å². The number of carbonyl (C=O) groups is 1. The summed E-state index contributed by atoms with van der Waals surface area (Å²) in [6.07, 6.45) is 3.19. The van der Waals surface area contributed by atoms with Gasteiger partial charge in [0.05, 0.1) is 17.3 Å². The highest BCUT2D eigenvalue weighted by atomic mass is 32.2. The fourth-order valence-corrected chi connectivity index (χ4v) is 7.21. The molecular formula is C16H18N2O4S3. The monoisotopic (exact) mass is 398 g/mol. The fraction of sp³-hybridized carbons (Fsp3) is 0.562. The third-order valence-electron chi connectivity index (χ3n) is 4.46. The highest BCUT2D eigenvalue weighted by molar-refractivity contribution is 8.00. The Morgan fingerprint density at radius 1 is 1.36 bits per heavy atom. The molecule has 6 nitrogen and oxygen atoms in total. The molecular weight excluding hydrogens is 380 g/mol. The van der Waals surface area contributed by atoms with Crippen LogP contribution < -0.4 is 0 Å². The van der Waals surface area contributed by atoms with E-state index >= 15 is 0 Å². The van der Waals surface area contributed by atoms with Crippen LogP contribution in [0.4, 0.5) is 0 Å². The second-order valence-corrected chi connectivity index (χ2v) is 10.7. The number of fused-ring (bicyclic) bond motifs is 3. The first-order chi connectivity index (χ1) is 11.9. The van der Waals surface area contributed by atoms with Gasteiger partial charge in [-0.15, -0.1) is 11.3 Å². The fourth-order valence-electron chi connectivity index (χ4n) is 3.37. The second kappa shape index (κ2) is 6.51. The van der Waals surface area contributed by atoms with Crippen LogP contribution in [0, 0.1) is 6.92 Å². The van der Waals surface area contributed by atoms with Crippen LogP contribution in [0.15, 0.2) is 5.03 Å². The lowest BCUT2D eigenvalue weighted by Gasteiger charge is -2.10. The molecule has 25 heavy (non-hydrogen) atoms. The number of nitrogens with zero attached hydrogens (tertiary/aromatic N) is 2. The number of hydrogen-bond donors (Lipinski definition) is 0. The first-order valence-electron chi connectivity index (χ1n) is 8.23. The molecule has 2 aromatic heterocycles. The lowest BCUT2D eigenvalue weighted by molar-refractivity contribution is -0.144. The maximum atomic E-state index is 12.1. The Balaban J connectivity index is 1.48. The smallest absolute Gasteiger partial charge is 0.316 e. The molecule has 0 spiro atoms. The second-order valence-electron chi connectivity index (χ2n) is 6.42. The Labute approximate surface area is 154 Å². The van der Waals surface area contributed by atoms with Crippen molar-refractivity contribution in [2.45, 2.75) is 43.7 Å². The highest BCUT2D eigenvalue weighted by Gasteiger charge is 2.31. The van der Waals surface area contributed by atoms with Crippen molar-refractivity contribution in [1.29, 1.82) is 0 Å². The van der Waals surface area contributed by atoms with Crippen LogP contribution in [0.25, 0.3) is 10.2 Å². The highest BCUT2D eigenvalue weighted by Crippen LogP contribution is 2.40. The third-order valence-corrected chi connectivity index (χ3v) is 8.33. The number of thioether (sulfide) groups is 1. The van der Waals surface area contributed by atoms with E-state index in [2.05, 4.69) is 9.97 Å². The zero-order chi connectivity index (χ0) is 17.6. The van der Waals surface area contributed by atoms with Crippen LogP contribution >= 0.6 is 23.1 Å². The minimum absolute atomic E-state index is 0.0572. The average Bonchev–Trinajstić information content (AvgIpc) is 3.18. The Morgan fingerprint density at radius 2 is 2.20 bits per heavy atom. The largest absolute Gasteiger partial charge is 0.461 e. The molecule has 1 fully saturated rings. The maximum absolute atomic E-state index is 12.1. The van der Waals surface area contributed by atoms with Crippen LogP contribution in [0.2, 0.25) is 0 Å². The molecule has 1 atom stereocenters. The predicted octanol–water partition coefficient (Wildman–Crippen LogP) is 2.31. The molecule has 0 radical (unpaired) electrons.